The average molecular weight is 433 g/mol. The molecule has 32 heavy (non-hydrogen) atoms. The minimum absolute atomic E-state index is 0.195. The number of nitrogens with one attached hydrogen (secondary N) is 2. The van der Waals surface area contributed by atoms with E-state index in [4.69, 9.17) is 4.74 Å². The largest absolute Gasteiger partial charge is 0.382 e. The summed E-state index contributed by atoms with van der Waals surface area (Å²) < 4.78 is 7.48. The smallest absolute Gasteiger partial charge is 0.257 e. The number of carbonyl (C=O) groups is 1. The van der Waals surface area contributed by atoms with Crippen LogP contribution in [0.4, 0.5) is 5.69 Å². The number of ether oxygens (including phenoxy) is 1. The number of benzene rings is 2. The molecule has 7 heteroatoms. The van der Waals surface area contributed by atoms with Crippen molar-refractivity contribution in [2.75, 3.05) is 38.2 Å². The van der Waals surface area contributed by atoms with Gasteiger partial charge in [-0.05, 0) is 30.2 Å². The standard InChI is InChI=1S/C25H28N4O3/c1-17-2-4-18(5-3-17)14-27-25(31)21-16-29-7-6-26-22-13-19(12-20(23(22)29)24(21)30)15-28-8-10-32-11-9-28/h2-5,12-13,16,26H,6-11,14-15H2,1H3,(H,27,31). The Morgan fingerprint density at radius 2 is 1.88 bits per heavy atom. The maximum Gasteiger partial charge on any atom is 0.257 e. The molecule has 0 unspecified atom stereocenters. The van der Waals surface area contributed by atoms with Gasteiger partial charge in [-0.15, -0.1) is 0 Å². The van der Waals surface area contributed by atoms with E-state index in [9.17, 15) is 9.59 Å². The molecule has 1 aromatic heterocycles. The van der Waals surface area contributed by atoms with Crippen LogP contribution in [0.5, 0.6) is 0 Å². The Hall–Kier alpha value is -3.16. The highest BCUT2D eigenvalue weighted by Gasteiger charge is 2.21. The quantitative estimate of drug-likeness (QED) is 0.648. The monoisotopic (exact) mass is 432 g/mol. The van der Waals surface area contributed by atoms with Crippen LogP contribution in [0, 0.1) is 6.92 Å². The first-order valence-electron chi connectivity index (χ1n) is 11.2. The van der Waals surface area contributed by atoms with Gasteiger partial charge in [-0.2, -0.15) is 0 Å². The molecule has 0 saturated carbocycles. The normalized spacial score (nSPS) is 16.0. The van der Waals surface area contributed by atoms with E-state index in [1.54, 1.807) is 6.20 Å². The summed E-state index contributed by atoms with van der Waals surface area (Å²) in [5, 5.41) is 6.94. The molecule has 0 spiro atoms. The third-order valence-electron chi connectivity index (χ3n) is 6.23. The van der Waals surface area contributed by atoms with Gasteiger partial charge in [0, 0.05) is 50.9 Å². The lowest BCUT2D eigenvalue weighted by Crippen LogP contribution is -2.35. The first-order chi connectivity index (χ1) is 15.6. The Kier molecular flexibility index (Phi) is 5.68. The van der Waals surface area contributed by atoms with Crippen molar-refractivity contribution in [3.8, 4) is 0 Å². The molecule has 1 amide bonds. The van der Waals surface area contributed by atoms with Crippen LogP contribution in [0.2, 0.25) is 0 Å². The van der Waals surface area contributed by atoms with Crippen LogP contribution in [0.15, 0.2) is 47.4 Å². The van der Waals surface area contributed by atoms with Gasteiger partial charge in [0.15, 0.2) is 0 Å². The molecule has 0 aliphatic carbocycles. The van der Waals surface area contributed by atoms with Crippen molar-refractivity contribution in [1.82, 2.24) is 14.8 Å². The summed E-state index contributed by atoms with van der Waals surface area (Å²) in [7, 11) is 0. The lowest BCUT2D eigenvalue weighted by Gasteiger charge is -2.28. The maximum absolute atomic E-state index is 13.4. The molecular formula is C25H28N4O3. The number of hydrogen-bond acceptors (Lipinski definition) is 5. The van der Waals surface area contributed by atoms with E-state index in [1.807, 2.05) is 41.8 Å². The Labute approximate surface area is 187 Å². The Balaban J connectivity index is 1.47. The lowest BCUT2D eigenvalue weighted by molar-refractivity contribution is 0.0342. The number of aromatic nitrogens is 1. The SMILES string of the molecule is Cc1ccc(CNC(=O)c2cn3c4c(cc(CN5CCOCC5)cc4c2=O)NCC3)cc1. The summed E-state index contributed by atoms with van der Waals surface area (Å²) in [5.41, 5.74) is 5.06. The van der Waals surface area contributed by atoms with Crippen LogP contribution in [-0.2, 0) is 24.4 Å². The third kappa shape index (κ3) is 4.13. The Morgan fingerprint density at radius 3 is 2.66 bits per heavy atom. The highest BCUT2D eigenvalue weighted by Crippen LogP contribution is 2.28. The minimum Gasteiger partial charge on any atom is -0.382 e. The first-order valence-corrected chi connectivity index (χ1v) is 11.2. The number of amides is 1. The molecule has 1 fully saturated rings. The maximum atomic E-state index is 13.4. The van der Waals surface area contributed by atoms with E-state index in [0.717, 1.165) is 61.7 Å². The molecule has 0 atom stereocenters. The van der Waals surface area contributed by atoms with Crippen LogP contribution >= 0.6 is 0 Å². The van der Waals surface area contributed by atoms with Gasteiger partial charge in [0.05, 0.1) is 24.4 Å². The van der Waals surface area contributed by atoms with Gasteiger partial charge in [-0.1, -0.05) is 29.8 Å². The van der Waals surface area contributed by atoms with Crippen LogP contribution in [0.3, 0.4) is 0 Å². The zero-order chi connectivity index (χ0) is 22.1. The summed E-state index contributed by atoms with van der Waals surface area (Å²) >= 11 is 0. The zero-order valence-corrected chi connectivity index (χ0v) is 18.3. The van der Waals surface area contributed by atoms with Crippen molar-refractivity contribution < 1.29 is 9.53 Å². The molecule has 1 saturated heterocycles. The number of anilines is 1. The third-order valence-corrected chi connectivity index (χ3v) is 6.23. The van der Waals surface area contributed by atoms with Crippen LogP contribution < -0.4 is 16.1 Å². The summed E-state index contributed by atoms with van der Waals surface area (Å²) in [6.45, 7) is 7.88. The summed E-state index contributed by atoms with van der Waals surface area (Å²) in [6, 6.07) is 12.1. The van der Waals surface area contributed by atoms with Crippen molar-refractivity contribution in [3.63, 3.8) is 0 Å². The first kappa shape index (κ1) is 20.7. The fourth-order valence-electron chi connectivity index (χ4n) is 4.48. The Morgan fingerprint density at radius 1 is 1.09 bits per heavy atom. The van der Waals surface area contributed by atoms with Gasteiger partial charge < -0.3 is 19.9 Å². The van der Waals surface area contributed by atoms with Crippen LogP contribution in [0.25, 0.3) is 10.9 Å². The molecular weight excluding hydrogens is 404 g/mol. The number of rotatable bonds is 5. The van der Waals surface area contributed by atoms with Crippen molar-refractivity contribution in [1.29, 1.82) is 0 Å². The van der Waals surface area contributed by atoms with Gasteiger partial charge >= 0.3 is 0 Å². The molecule has 5 rings (SSSR count). The molecule has 0 bridgehead atoms. The van der Waals surface area contributed by atoms with Gasteiger partial charge in [0.1, 0.15) is 5.56 Å². The van der Waals surface area contributed by atoms with Crippen molar-refractivity contribution >= 4 is 22.5 Å². The fourth-order valence-corrected chi connectivity index (χ4v) is 4.48. The predicted molar refractivity (Wildman–Crippen MR) is 125 cm³/mol. The highest BCUT2D eigenvalue weighted by atomic mass is 16.5. The van der Waals surface area contributed by atoms with Crippen LogP contribution in [0.1, 0.15) is 27.0 Å². The van der Waals surface area contributed by atoms with Gasteiger partial charge in [0.2, 0.25) is 5.43 Å². The molecule has 2 aliphatic rings. The molecule has 2 aromatic carbocycles. The number of carbonyl (C=O) groups excluding carboxylic acids is 1. The number of hydrogen-bond donors (Lipinski definition) is 2. The molecule has 166 valence electrons. The molecule has 3 aromatic rings. The molecule has 2 N–H and O–H groups in total. The van der Waals surface area contributed by atoms with E-state index in [1.165, 1.54) is 5.56 Å². The zero-order valence-electron chi connectivity index (χ0n) is 18.3. The second-order valence-corrected chi connectivity index (χ2v) is 8.59. The molecule has 0 radical (unpaired) electrons. The van der Waals surface area contributed by atoms with Crippen molar-refractivity contribution in [3.05, 3.63) is 75.1 Å². The second-order valence-electron chi connectivity index (χ2n) is 8.59. The summed E-state index contributed by atoms with van der Waals surface area (Å²) in [5.74, 6) is -0.333. The molecule has 2 aliphatic heterocycles. The highest BCUT2D eigenvalue weighted by molar-refractivity contribution is 6.00. The molecule has 3 heterocycles. The fraction of sp³-hybridized carbons (Fsp3) is 0.360. The molecule has 7 nitrogen and oxygen atoms in total. The number of nitrogens with zero attached hydrogens (tertiary/aromatic N) is 2. The topological polar surface area (TPSA) is 75.6 Å². The van der Waals surface area contributed by atoms with E-state index < -0.39 is 0 Å². The Bertz CT molecular complexity index is 1210. The van der Waals surface area contributed by atoms with Crippen molar-refractivity contribution in [2.45, 2.75) is 26.6 Å². The van der Waals surface area contributed by atoms with Gasteiger partial charge in [0.25, 0.3) is 5.91 Å². The lowest BCUT2D eigenvalue weighted by atomic mass is 10.0. The summed E-state index contributed by atoms with van der Waals surface area (Å²) in [6.07, 6.45) is 1.71. The second kappa shape index (κ2) is 8.76. The number of morpholine rings is 1. The van der Waals surface area contributed by atoms with E-state index in [2.05, 4.69) is 21.6 Å². The van der Waals surface area contributed by atoms with Gasteiger partial charge in [-0.3, -0.25) is 14.5 Å². The van der Waals surface area contributed by atoms with E-state index in [0.29, 0.717) is 18.5 Å². The van der Waals surface area contributed by atoms with Gasteiger partial charge in [-0.25, -0.2) is 0 Å². The number of pyridine rings is 1. The van der Waals surface area contributed by atoms with Crippen LogP contribution in [-0.4, -0.2) is 48.2 Å². The number of aryl methyl sites for hydroxylation is 1. The van der Waals surface area contributed by atoms with E-state index in [-0.39, 0.29) is 16.9 Å². The predicted octanol–water partition coefficient (Wildman–Crippen LogP) is 2.50. The minimum atomic E-state index is -0.333. The van der Waals surface area contributed by atoms with E-state index >= 15 is 0 Å². The van der Waals surface area contributed by atoms with Crippen molar-refractivity contribution in [2.24, 2.45) is 0 Å². The summed E-state index contributed by atoms with van der Waals surface area (Å²) in [4.78, 5) is 28.7. The average Bonchev–Trinajstić information content (AvgIpc) is 2.81.